The van der Waals surface area contributed by atoms with Crippen molar-refractivity contribution in [3.05, 3.63) is 66.0 Å². The second-order valence-corrected chi connectivity index (χ2v) is 4.28. The van der Waals surface area contributed by atoms with Crippen molar-refractivity contribution >= 4 is 5.88 Å². The number of nitrogen functional groups attached to an aromatic ring is 1. The second-order valence-electron chi connectivity index (χ2n) is 4.28. The van der Waals surface area contributed by atoms with Crippen LogP contribution < -0.4 is 5.73 Å². The monoisotopic (exact) mass is 251 g/mol. The van der Waals surface area contributed by atoms with Crippen molar-refractivity contribution in [1.29, 1.82) is 0 Å². The van der Waals surface area contributed by atoms with Crippen LogP contribution in [-0.4, -0.2) is 10.1 Å². The average molecular weight is 251 g/mol. The molecule has 2 heterocycles. The molecule has 4 heteroatoms. The molecule has 0 spiro atoms. The van der Waals surface area contributed by atoms with E-state index in [1.54, 1.807) is 12.4 Å². The molecule has 2 N–H and O–H groups in total. The van der Waals surface area contributed by atoms with Crippen LogP contribution in [0, 0.1) is 0 Å². The number of hydrogen-bond acceptors (Lipinski definition) is 4. The Morgan fingerprint density at radius 2 is 1.89 bits per heavy atom. The summed E-state index contributed by atoms with van der Waals surface area (Å²) in [6.07, 6.45) is 4.18. The third kappa shape index (κ3) is 2.33. The molecule has 2 aromatic heterocycles. The van der Waals surface area contributed by atoms with Gasteiger partial charge in [-0.2, -0.15) is 0 Å². The summed E-state index contributed by atoms with van der Waals surface area (Å²) >= 11 is 0. The van der Waals surface area contributed by atoms with Crippen molar-refractivity contribution in [2.45, 2.75) is 6.42 Å². The Morgan fingerprint density at radius 3 is 2.63 bits per heavy atom. The number of aromatic nitrogens is 2. The molecule has 0 amide bonds. The number of nitrogens with zero attached hydrogens (tertiary/aromatic N) is 2. The molecule has 0 aliphatic carbocycles. The van der Waals surface area contributed by atoms with Gasteiger partial charge >= 0.3 is 0 Å². The minimum absolute atomic E-state index is 0.364. The quantitative estimate of drug-likeness (QED) is 0.777. The highest BCUT2D eigenvalue weighted by Gasteiger charge is 2.15. The Kier molecular flexibility index (Phi) is 2.98. The van der Waals surface area contributed by atoms with Gasteiger partial charge in [0.2, 0.25) is 5.88 Å². The molecule has 0 saturated heterocycles. The van der Waals surface area contributed by atoms with Crippen LogP contribution >= 0.6 is 0 Å². The Labute approximate surface area is 110 Å². The summed E-state index contributed by atoms with van der Waals surface area (Å²) in [6, 6.07) is 13.9. The molecule has 3 aromatic rings. The third-order valence-electron chi connectivity index (χ3n) is 2.98. The topological polar surface area (TPSA) is 64.9 Å². The SMILES string of the molecule is Nc1onc(-c2cccnc2)c1Cc1ccccc1. The smallest absolute Gasteiger partial charge is 0.226 e. The first-order valence-electron chi connectivity index (χ1n) is 6.03. The zero-order valence-corrected chi connectivity index (χ0v) is 10.3. The summed E-state index contributed by atoms with van der Waals surface area (Å²) < 4.78 is 5.12. The summed E-state index contributed by atoms with van der Waals surface area (Å²) in [6.45, 7) is 0. The van der Waals surface area contributed by atoms with Crippen LogP contribution in [-0.2, 0) is 6.42 Å². The fourth-order valence-electron chi connectivity index (χ4n) is 2.02. The van der Waals surface area contributed by atoms with Gasteiger partial charge in [0.1, 0.15) is 5.69 Å². The number of pyridine rings is 1. The molecule has 0 radical (unpaired) electrons. The van der Waals surface area contributed by atoms with Crippen molar-refractivity contribution in [3.63, 3.8) is 0 Å². The first kappa shape index (κ1) is 11.5. The molecule has 0 fully saturated rings. The summed E-state index contributed by atoms with van der Waals surface area (Å²) in [5.74, 6) is 0.364. The van der Waals surface area contributed by atoms with E-state index in [1.165, 1.54) is 5.56 Å². The molecule has 94 valence electrons. The van der Waals surface area contributed by atoms with Crippen LogP contribution in [0.2, 0.25) is 0 Å². The van der Waals surface area contributed by atoms with Crippen LogP contribution in [0.4, 0.5) is 5.88 Å². The van der Waals surface area contributed by atoms with Gasteiger partial charge in [0.25, 0.3) is 0 Å². The zero-order chi connectivity index (χ0) is 13.1. The molecule has 3 rings (SSSR count). The Morgan fingerprint density at radius 1 is 1.05 bits per heavy atom. The highest BCUT2D eigenvalue weighted by molar-refractivity contribution is 5.66. The normalized spacial score (nSPS) is 10.5. The van der Waals surface area contributed by atoms with E-state index in [-0.39, 0.29) is 0 Å². The van der Waals surface area contributed by atoms with Crippen LogP contribution in [0.1, 0.15) is 11.1 Å². The van der Waals surface area contributed by atoms with Gasteiger partial charge < -0.3 is 10.3 Å². The van der Waals surface area contributed by atoms with E-state index >= 15 is 0 Å². The van der Waals surface area contributed by atoms with E-state index in [9.17, 15) is 0 Å². The van der Waals surface area contributed by atoms with Crippen molar-refractivity contribution in [2.75, 3.05) is 5.73 Å². The molecule has 19 heavy (non-hydrogen) atoms. The van der Waals surface area contributed by atoms with Gasteiger partial charge in [-0.3, -0.25) is 4.98 Å². The first-order chi connectivity index (χ1) is 9.34. The van der Waals surface area contributed by atoms with E-state index in [1.807, 2.05) is 30.3 Å². The molecular formula is C15H13N3O. The number of benzene rings is 1. The van der Waals surface area contributed by atoms with E-state index in [2.05, 4.69) is 22.3 Å². The molecule has 1 aromatic carbocycles. The van der Waals surface area contributed by atoms with Crippen LogP contribution in [0.15, 0.2) is 59.4 Å². The summed E-state index contributed by atoms with van der Waals surface area (Å²) in [4.78, 5) is 4.10. The lowest BCUT2D eigenvalue weighted by atomic mass is 10.0. The minimum Gasteiger partial charge on any atom is -0.367 e. The van der Waals surface area contributed by atoms with Gasteiger partial charge in [-0.25, -0.2) is 0 Å². The number of anilines is 1. The van der Waals surface area contributed by atoms with Crippen molar-refractivity contribution in [1.82, 2.24) is 10.1 Å². The molecule has 0 bridgehead atoms. The predicted molar refractivity (Wildman–Crippen MR) is 73.4 cm³/mol. The number of hydrogen-bond donors (Lipinski definition) is 1. The summed E-state index contributed by atoms with van der Waals surface area (Å²) in [7, 11) is 0. The highest BCUT2D eigenvalue weighted by Crippen LogP contribution is 2.28. The highest BCUT2D eigenvalue weighted by atomic mass is 16.5. The fourth-order valence-corrected chi connectivity index (χ4v) is 2.02. The molecule has 0 aliphatic rings. The molecule has 0 atom stereocenters. The van der Waals surface area contributed by atoms with Crippen molar-refractivity contribution in [2.24, 2.45) is 0 Å². The van der Waals surface area contributed by atoms with Gasteiger partial charge in [-0.15, -0.1) is 0 Å². The van der Waals surface area contributed by atoms with Crippen molar-refractivity contribution < 1.29 is 4.52 Å². The standard InChI is InChI=1S/C15H13N3O/c16-15-13(9-11-5-2-1-3-6-11)14(18-19-15)12-7-4-8-17-10-12/h1-8,10H,9,16H2. The third-order valence-corrected chi connectivity index (χ3v) is 2.98. The minimum atomic E-state index is 0.364. The fraction of sp³-hybridized carbons (Fsp3) is 0.0667. The van der Waals surface area contributed by atoms with Gasteiger partial charge in [-0.1, -0.05) is 35.5 Å². The number of rotatable bonds is 3. The van der Waals surface area contributed by atoms with Gasteiger partial charge in [0, 0.05) is 29.9 Å². The lowest BCUT2D eigenvalue weighted by Gasteiger charge is -2.02. The maximum atomic E-state index is 5.88. The van der Waals surface area contributed by atoms with Crippen molar-refractivity contribution in [3.8, 4) is 11.3 Å². The summed E-state index contributed by atoms with van der Waals surface area (Å²) in [5, 5.41) is 4.04. The molecular weight excluding hydrogens is 238 g/mol. The first-order valence-corrected chi connectivity index (χ1v) is 6.03. The molecule has 0 unspecified atom stereocenters. The van der Waals surface area contributed by atoms with E-state index in [4.69, 9.17) is 10.3 Å². The van der Waals surface area contributed by atoms with Gasteiger partial charge in [-0.05, 0) is 17.7 Å². The molecule has 4 nitrogen and oxygen atoms in total. The van der Waals surface area contributed by atoms with Crippen LogP contribution in [0.5, 0.6) is 0 Å². The summed E-state index contributed by atoms with van der Waals surface area (Å²) in [5.41, 5.74) is 9.62. The van der Waals surface area contributed by atoms with E-state index in [0.717, 1.165) is 16.8 Å². The largest absolute Gasteiger partial charge is 0.367 e. The maximum absolute atomic E-state index is 5.88. The van der Waals surface area contributed by atoms with Crippen LogP contribution in [0.3, 0.4) is 0 Å². The average Bonchev–Trinajstić information content (AvgIpc) is 2.82. The lowest BCUT2D eigenvalue weighted by molar-refractivity contribution is 0.438. The maximum Gasteiger partial charge on any atom is 0.226 e. The Balaban J connectivity index is 2.00. The predicted octanol–water partition coefficient (Wildman–Crippen LogP) is 2.91. The van der Waals surface area contributed by atoms with Gasteiger partial charge in [0.05, 0.1) is 0 Å². The Bertz CT molecular complexity index is 662. The Hall–Kier alpha value is -2.62. The second kappa shape index (κ2) is 4.94. The number of nitrogens with two attached hydrogens (primary N) is 1. The van der Waals surface area contributed by atoms with Gasteiger partial charge in [0.15, 0.2) is 0 Å². The van der Waals surface area contributed by atoms with E-state index in [0.29, 0.717) is 12.3 Å². The lowest BCUT2D eigenvalue weighted by Crippen LogP contribution is -1.94. The zero-order valence-electron chi connectivity index (χ0n) is 10.3. The van der Waals surface area contributed by atoms with E-state index < -0.39 is 0 Å². The van der Waals surface area contributed by atoms with Crippen LogP contribution in [0.25, 0.3) is 11.3 Å². The molecule has 0 saturated carbocycles. The molecule has 0 aliphatic heterocycles.